The van der Waals surface area contributed by atoms with Crippen molar-refractivity contribution in [1.82, 2.24) is 10.2 Å². The molecule has 0 aliphatic carbocycles. The van der Waals surface area contributed by atoms with Gasteiger partial charge in [0, 0.05) is 45.8 Å². The zero-order valence-corrected chi connectivity index (χ0v) is 16.0. The van der Waals surface area contributed by atoms with Crippen LogP contribution in [0, 0.1) is 11.7 Å². The van der Waals surface area contributed by atoms with E-state index in [9.17, 15) is 4.39 Å². The molecule has 140 valence electrons. The zero-order valence-electron chi connectivity index (χ0n) is 16.0. The molecule has 0 radical (unpaired) electrons. The van der Waals surface area contributed by atoms with Crippen molar-refractivity contribution in [3.63, 3.8) is 0 Å². The lowest BCUT2D eigenvalue weighted by Gasteiger charge is -2.30. The van der Waals surface area contributed by atoms with E-state index in [4.69, 9.17) is 4.74 Å². The van der Waals surface area contributed by atoms with Gasteiger partial charge >= 0.3 is 0 Å². The third kappa shape index (κ3) is 5.99. The third-order valence-corrected chi connectivity index (χ3v) is 5.08. The number of rotatable bonds is 6. The molecule has 1 heterocycles. The third-order valence-electron chi connectivity index (χ3n) is 5.08. The molecule has 0 spiro atoms. The highest BCUT2D eigenvalue weighted by Crippen LogP contribution is 2.23. The molecule has 0 bridgehead atoms. The number of aliphatic imine (C=N–C) groups is 1. The summed E-state index contributed by atoms with van der Waals surface area (Å²) in [5.74, 6) is 1.44. The van der Waals surface area contributed by atoms with E-state index in [2.05, 4.69) is 36.1 Å². The van der Waals surface area contributed by atoms with E-state index in [1.54, 1.807) is 12.1 Å². The van der Waals surface area contributed by atoms with E-state index in [1.807, 2.05) is 13.1 Å². The van der Waals surface area contributed by atoms with Crippen LogP contribution in [0.5, 0.6) is 0 Å². The Hall–Kier alpha value is -1.62. The van der Waals surface area contributed by atoms with Gasteiger partial charge in [-0.25, -0.2) is 4.39 Å². The van der Waals surface area contributed by atoms with E-state index in [0.29, 0.717) is 6.54 Å². The van der Waals surface area contributed by atoms with Crippen molar-refractivity contribution in [3.05, 3.63) is 35.6 Å². The summed E-state index contributed by atoms with van der Waals surface area (Å²) in [6.45, 7) is 7.69. The number of guanidine groups is 1. The van der Waals surface area contributed by atoms with E-state index >= 15 is 0 Å². The van der Waals surface area contributed by atoms with Gasteiger partial charge in [0.25, 0.3) is 0 Å². The van der Waals surface area contributed by atoms with Crippen LogP contribution in [0.1, 0.15) is 38.7 Å². The molecule has 1 fully saturated rings. The smallest absolute Gasteiger partial charge is 0.193 e. The van der Waals surface area contributed by atoms with Crippen LogP contribution in [0.4, 0.5) is 4.39 Å². The molecule has 2 rings (SSSR count). The first-order chi connectivity index (χ1) is 11.9. The predicted octanol–water partition coefficient (Wildman–Crippen LogP) is 3.43. The van der Waals surface area contributed by atoms with Crippen molar-refractivity contribution in [1.29, 1.82) is 0 Å². The second-order valence-electron chi connectivity index (χ2n) is 7.56. The summed E-state index contributed by atoms with van der Waals surface area (Å²) < 4.78 is 18.9. The normalized spacial score (nSPS) is 16.8. The van der Waals surface area contributed by atoms with Crippen LogP contribution in [0.3, 0.4) is 0 Å². The predicted molar refractivity (Wildman–Crippen MR) is 102 cm³/mol. The number of hydrogen-bond acceptors (Lipinski definition) is 2. The molecule has 1 N–H and O–H groups in total. The lowest BCUT2D eigenvalue weighted by molar-refractivity contribution is 0.0625. The van der Waals surface area contributed by atoms with Crippen LogP contribution in [-0.2, 0) is 10.2 Å². The Kier molecular flexibility index (Phi) is 7.24. The molecule has 1 aliphatic heterocycles. The fourth-order valence-electron chi connectivity index (χ4n) is 3.21. The fraction of sp³-hybridized carbons (Fsp3) is 0.650. The van der Waals surface area contributed by atoms with Crippen LogP contribution in [0.25, 0.3) is 0 Å². The van der Waals surface area contributed by atoms with Gasteiger partial charge in [-0.1, -0.05) is 26.0 Å². The quantitative estimate of drug-likeness (QED) is 0.631. The van der Waals surface area contributed by atoms with Gasteiger partial charge < -0.3 is 15.0 Å². The molecule has 1 aliphatic rings. The first-order valence-corrected chi connectivity index (χ1v) is 9.18. The van der Waals surface area contributed by atoms with E-state index in [1.165, 1.54) is 6.07 Å². The lowest BCUT2D eigenvalue weighted by atomic mass is 9.84. The van der Waals surface area contributed by atoms with E-state index < -0.39 is 0 Å². The first kappa shape index (κ1) is 19.7. The molecular formula is C20H32FN3O. The van der Waals surface area contributed by atoms with Crippen LogP contribution >= 0.6 is 0 Å². The average molecular weight is 349 g/mol. The number of nitrogens with zero attached hydrogens (tertiary/aromatic N) is 2. The number of halogens is 1. The Morgan fingerprint density at radius 2 is 2.08 bits per heavy atom. The molecule has 1 saturated heterocycles. The first-order valence-electron chi connectivity index (χ1n) is 9.18. The maximum absolute atomic E-state index is 13.5. The van der Waals surface area contributed by atoms with Crippen molar-refractivity contribution in [2.75, 3.05) is 40.4 Å². The van der Waals surface area contributed by atoms with Crippen LogP contribution in [0.15, 0.2) is 29.3 Å². The minimum absolute atomic E-state index is 0.181. The van der Waals surface area contributed by atoms with Gasteiger partial charge in [-0.15, -0.1) is 0 Å². The fourth-order valence-corrected chi connectivity index (χ4v) is 3.21. The Bertz CT molecular complexity index is 568. The number of ether oxygens (including phenoxy) is 1. The summed E-state index contributed by atoms with van der Waals surface area (Å²) in [7, 11) is 3.88. The monoisotopic (exact) mass is 349 g/mol. The summed E-state index contributed by atoms with van der Waals surface area (Å²) in [5.41, 5.74) is 0.805. The summed E-state index contributed by atoms with van der Waals surface area (Å²) in [4.78, 5) is 6.58. The average Bonchev–Trinajstić information content (AvgIpc) is 2.61. The van der Waals surface area contributed by atoms with Crippen LogP contribution < -0.4 is 5.32 Å². The molecule has 25 heavy (non-hydrogen) atoms. The van der Waals surface area contributed by atoms with Crippen molar-refractivity contribution >= 4 is 5.96 Å². The number of nitrogens with one attached hydrogen (secondary N) is 1. The maximum atomic E-state index is 13.5. The van der Waals surface area contributed by atoms with E-state index in [0.717, 1.165) is 56.5 Å². The summed E-state index contributed by atoms with van der Waals surface area (Å²) in [6.07, 6.45) is 3.48. The molecule has 1 aromatic rings. The molecule has 0 aromatic heterocycles. The van der Waals surface area contributed by atoms with Gasteiger partial charge in [-0.05, 0) is 42.9 Å². The van der Waals surface area contributed by atoms with Crippen LogP contribution in [0.2, 0.25) is 0 Å². The number of benzene rings is 1. The van der Waals surface area contributed by atoms with Crippen molar-refractivity contribution < 1.29 is 9.13 Å². The molecular weight excluding hydrogens is 317 g/mol. The molecule has 0 atom stereocenters. The minimum Gasteiger partial charge on any atom is -0.381 e. The minimum atomic E-state index is -0.191. The highest BCUT2D eigenvalue weighted by molar-refractivity contribution is 5.79. The van der Waals surface area contributed by atoms with Gasteiger partial charge in [0.15, 0.2) is 5.96 Å². The second kappa shape index (κ2) is 9.18. The SMILES string of the molecule is CN=C(NCC(C)(C)c1cccc(F)c1)N(C)CCC1CCOCC1. The van der Waals surface area contributed by atoms with Gasteiger partial charge in [0.1, 0.15) is 5.82 Å². The number of hydrogen-bond donors (Lipinski definition) is 1. The summed E-state index contributed by atoms with van der Waals surface area (Å²) >= 11 is 0. The molecule has 0 amide bonds. The Balaban J connectivity index is 1.85. The van der Waals surface area contributed by atoms with Crippen molar-refractivity contribution in [2.45, 2.75) is 38.5 Å². The Labute approximate surface area is 151 Å². The second-order valence-corrected chi connectivity index (χ2v) is 7.56. The van der Waals surface area contributed by atoms with Crippen LogP contribution in [-0.4, -0.2) is 51.3 Å². The van der Waals surface area contributed by atoms with Gasteiger partial charge in [0.2, 0.25) is 0 Å². The largest absolute Gasteiger partial charge is 0.381 e. The van der Waals surface area contributed by atoms with Gasteiger partial charge in [-0.2, -0.15) is 0 Å². The zero-order chi connectivity index (χ0) is 18.3. The van der Waals surface area contributed by atoms with Crippen molar-refractivity contribution in [2.24, 2.45) is 10.9 Å². The van der Waals surface area contributed by atoms with Gasteiger partial charge in [0.05, 0.1) is 0 Å². The molecule has 4 nitrogen and oxygen atoms in total. The summed E-state index contributed by atoms with van der Waals surface area (Å²) in [5, 5.41) is 3.44. The molecule has 0 unspecified atom stereocenters. The highest BCUT2D eigenvalue weighted by atomic mass is 19.1. The maximum Gasteiger partial charge on any atom is 0.193 e. The lowest BCUT2D eigenvalue weighted by Crippen LogP contribution is -2.45. The standard InChI is InChI=1S/C20H32FN3O/c1-20(2,17-6-5-7-18(21)14-17)15-23-19(22-3)24(4)11-8-16-9-12-25-13-10-16/h5-7,14,16H,8-13,15H2,1-4H3,(H,22,23). The Morgan fingerprint density at radius 3 is 2.72 bits per heavy atom. The molecule has 1 aromatic carbocycles. The molecule has 0 saturated carbocycles. The Morgan fingerprint density at radius 1 is 1.36 bits per heavy atom. The van der Waals surface area contributed by atoms with E-state index in [-0.39, 0.29) is 11.2 Å². The highest BCUT2D eigenvalue weighted by Gasteiger charge is 2.22. The van der Waals surface area contributed by atoms with Gasteiger partial charge in [-0.3, -0.25) is 4.99 Å². The topological polar surface area (TPSA) is 36.9 Å². The molecule has 5 heteroatoms. The van der Waals surface area contributed by atoms with Crippen molar-refractivity contribution in [3.8, 4) is 0 Å². The summed E-state index contributed by atoms with van der Waals surface area (Å²) in [6, 6.07) is 6.83.